The van der Waals surface area contributed by atoms with Crippen LogP contribution in [-0.4, -0.2) is 51.9 Å². The number of carbonyl (C=O) groups is 1. The summed E-state index contributed by atoms with van der Waals surface area (Å²) in [5.74, 6) is 1.10. The lowest BCUT2D eigenvalue weighted by Gasteiger charge is -2.33. The van der Waals surface area contributed by atoms with Crippen LogP contribution in [0, 0.1) is 0 Å². The van der Waals surface area contributed by atoms with E-state index in [1.807, 2.05) is 23.1 Å². The van der Waals surface area contributed by atoms with Gasteiger partial charge in [-0.05, 0) is 60.9 Å². The summed E-state index contributed by atoms with van der Waals surface area (Å²) in [6, 6.07) is 7.66. The predicted molar refractivity (Wildman–Crippen MR) is 150 cm³/mol. The molecule has 0 saturated carbocycles. The molecule has 3 aromatic rings. The van der Waals surface area contributed by atoms with Crippen LogP contribution >= 0.6 is 0 Å². The topological polar surface area (TPSA) is 63.5 Å². The number of benzene rings is 1. The number of amides is 1. The van der Waals surface area contributed by atoms with Crippen LogP contribution in [0.3, 0.4) is 0 Å². The maximum Gasteiger partial charge on any atom is 0.264 e. The van der Waals surface area contributed by atoms with Crippen LogP contribution in [0.5, 0.6) is 0 Å². The molecule has 5 heterocycles. The van der Waals surface area contributed by atoms with Gasteiger partial charge < -0.3 is 14.5 Å². The highest BCUT2D eigenvalue weighted by atomic mass is 19.3. The molecule has 2 aromatic heterocycles. The second kappa shape index (κ2) is 10.9. The molecule has 0 aliphatic carbocycles. The van der Waals surface area contributed by atoms with Gasteiger partial charge in [0.2, 0.25) is 5.91 Å². The lowest BCUT2D eigenvalue weighted by atomic mass is 9.92. The van der Waals surface area contributed by atoms with Gasteiger partial charge in [0.15, 0.2) is 5.82 Å². The number of nitrogens with zero attached hydrogens (tertiary/aromatic N) is 5. The molecule has 0 unspecified atom stereocenters. The summed E-state index contributed by atoms with van der Waals surface area (Å²) in [7, 11) is 0. The molecule has 0 N–H and O–H groups in total. The molecule has 9 heteroatoms. The van der Waals surface area contributed by atoms with Gasteiger partial charge in [-0.2, -0.15) is 5.10 Å². The van der Waals surface area contributed by atoms with Crippen LogP contribution in [0.4, 0.5) is 20.3 Å². The molecule has 1 amide bonds. The number of halogens is 2. The van der Waals surface area contributed by atoms with Crippen molar-refractivity contribution >= 4 is 17.4 Å². The first-order valence-corrected chi connectivity index (χ1v) is 14.4. The lowest BCUT2D eigenvalue weighted by Crippen LogP contribution is -2.36. The molecule has 0 bridgehead atoms. The van der Waals surface area contributed by atoms with E-state index in [9.17, 15) is 13.6 Å². The predicted octanol–water partition coefficient (Wildman–Crippen LogP) is 6.35. The van der Waals surface area contributed by atoms with Crippen LogP contribution in [0.25, 0.3) is 11.1 Å². The van der Waals surface area contributed by atoms with E-state index in [0.717, 1.165) is 66.1 Å². The Balaban J connectivity index is 1.44. The fourth-order valence-electron chi connectivity index (χ4n) is 6.35. The van der Waals surface area contributed by atoms with E-state index in [0.29, 0.717) is 44.0 Å². The number of ether oxygens (including phenoxy) is 1. The number of hydrogen-bond donors (Lipinski definition) is 0. The number of aromatic nitrogens is 3. The summed E-state index contributed by atoms with van der Waals surface area (Å²) in [4.78, 5) is 20.8. The van der Waals surface area contributed by atoms with Crippen molar-refractivity contribution < 1.29 is 18.3 Å². The standard InChI is InChI=1S/C31H37F2N5O2/c1-19(2)27-7-6-22(17-34-27)24-15-21-5-4-11-37(29(21)16-25(24)30(32)33)31-26-18-36(20(3)39)12-8-28(26)38(35-31)23-9-13-40-14-10-23/h6-7,15-17,19,23,30H,4-5,8-14,18H2,1-3H3. The molecule has 1 saturated heterocycles. The molecule has 1 fully saturated rings. The van der Waals surface area contributed by atoms with Crippen LogP contribution in [0.1, 0.15) is 86.5 Å². The molecule has 1 aromatic carbocycles. The monoisotopic (exact) mass is 549 g/mol. The Kier molecular flexibility index (Phi) is 7.33. The van der Waals surface area contributed by atoms with Crippen LogP contribution in [-0.2, 0) is 28.9 Å². The maximum absolute atomic E-state index is 14.6. The maximum atomic E-state index is 14.6. The second-order valence-electron chi connectivity index (χ2n) is 11.5. The number of aryl methyl sites for hydroxylation is 1. The number of hydrogen-bond acceptors (Lipinski definition) is 5. The number of pyridine rings is 1. The molecule has 3 aliphatic heterocycles. The third-order valence-corrected chi connectivity index (χ3v) is 8.60. The highest BCUT2D eigenvalue weighted by molar-refractivity contribution is 5.78. The van der Waals surface area contributed by atoms with E-state index in [2.05, 4.69) is 28.4 Å². The molecule has 212 valence electrons. The lowest BCUT2D eigenvalue weighted by molar-refractivity contribution is -0.129. The zero-order chi connectivity index (χ0) is 28.0. The van der Waals surface area contributed by atoms with Crippen LogP contribution < -0.4 is 4.90 Å². The van der Waals surface area contributed by atoms with Gasteiger partial charge in [0.25, 0.3) is 6.43 Å². The zero-order valence-electron chi connectivity index (χ0n) is 23.5. The normalized spacial score (nSPS) is 17.9. The Morgan fingerprint density at radius 2 is 1.90 bits per heavy atom. The first-order chi connectivity index (χ1) is 19.3. The first-order valence-electron chi connectivity index (χ1n) is 14.4. The van der Waals surface area contributed by atoms with E-state index in [1.165, 1.54) is 0 Å². The Hall–Kier alpha value is -3.33. The molecular formula is C31H37F2N5O2. The van der Waals surface area contributed by atoms with E-state index in [-0.39, 0.29) is 23.4 Å². The van der Waals surface area contributed by atoms with E-state index in [4.69, 9.17) is 9.84 Å². The summed E-state index contributed by atoms with van der Waals surface area (Å²) >= 11 is 0. The van der Waals surface area contributed by atoms with Crippen molar-refractivity contribution in [3.8, 4) is 11.1 Å². The van der Waals surface area contributed by atoms with Crippen LogP contribution in [0.15, 0.2) is 30.5 Å². The average molecular weight is 550 g/mol. The molecule has 40 heavy (non-hydrogen) atoms. The fourth-order valence-corrected chi connectivity index (χ4v) is 6.35. The van der Waals surface area contributed by atoms with E-state index in [1.54, 1.807) is 19.2 Å². The first kappa shape index (κ1) is 26.9. The smallest absolute Gasteiger partial charge is 0.264 e. The van der Waals surface area contributed by atoms with E-state index < -0.39 is 6.43 Å². The van der Waals surface area contributed by atoms with Crippen molar-refractivity contribution in [3.63, 3.8) is 0 Å². The van der Waals surface area contributed by atoms with Crippen molar-refractivity contribution in [2.24, 2.45) is 0 Å². The Labute approximate surface area is 234 Å². The van der Waals surface area contributed by atoms with Gasteiger partial charge in [-0.1, -0.05) is 19.9 Å². The largest absolute Gasteiger partial charge is 0.381 e. The van der Waals surface area contributed by atoms with Crippen molar-refractivity contribution in [1.29, 1.82) is 0 Å². The molecule has 0 atom stereocenters. The third kappa shape index (κ3) is 4.89. The summed E-state index contributed by atoms with van der Waals surface area (Å²) in [5.41, 5.74) is 6.21. The van der Waals surface area contributed by atoms with Crippen molar-refractivity contribution in [2.45, 2.75) is 77.8 Å². The fraction of sp³-hybridized carbons (Fsp3) is 0.516. The van der Waals surface area contributed by atoms with Gasteiger partial charge in [0.1, 0.15) is 0 Å². The third-order valence-electron chi connectivity index (χ3n) is 8.60. The minimum atomic E-state index is -2.63. The molecular weight excluding hydrogens is 512 g/mol. The van der Waals surface area contributed by atoms with Gasteiger partial charge in [0.05, 0.1) is 12.6 Å². The van der Waals surface area contributed by atoms with Crippen molar-refractivity contribution in [1.82, 2.24) is 19.7 Å². The molecule has 6 rings (SSSR count). The van der Waals surface area contributed by atoms with Gasteiger partial charge in [0, 0.05) is 79.6 Å². The highest BCUT2D eigenvalue weighted by Crippen LogP contribution is 2.43. The number of alkyl halides is 2. The van der Waals surface area contributed by atoms with Gasteiger partial charge in [-0.15, -0.1) is 0 Å². The Morgan fingerprint density at radius 1 is 1.10 bits per heavy atom. The van der Waals surface area contributed by atoms with Gasteiger partial charge in [-0.25, -0.2) is 8.78 Å². The molecule has 0 radical (unpaired) electrons. The number of fused-ring (bicyclic) bond motifs is 2. The minimum Gasteiger partial charge on any atom is -0.381 e. The Bertz CT molecular complexity index is 1400. The second-order valence-corrected chi connectivity index (χ2v) is 11.5. The average Bonchev–Trinajstić information content (AvgIpc) is 3.35. The molecule has 7 nitrogen and oxygen atoms in total. The number of carbonyl (C=O) groups excluding carboxylic acids is 1. The zero-order valence-corrected chi connectivity index (χ0v) is 23.5. The van der Waals surface area contributed by atoms with Crippen molar-refractivity contribution in [3.05, 3.63) is 58.5 Å². The SMILES string of the molecule is CC(=O)N1CCc2c(c(N3CCCc4cc(-c5ccc(C(C)C)nc5)c(C(F)F)cc43)nn2C2CCOCC2)C1. The summed E-state index contributed by atoms with van der Waals surface area (Å²) in [5, 5.41) is 5.16. The highest BCUT2D eigenvalue weighted by Gasteiger charge is 2.34. The summed E-state index contributed by atoms with van der Waals surface area (Å²) in [6.07, 6.45) is 3.30. The van der Waals surface area contributed by atoms with Gasteiger partial charge >= 0.3 is 0 Å². The summed E-state index contributed by atoms with van der Waals surface area (Å²) < 4.78 is 36.9. The number of rotatable bonds is 5. The summed E-state index contributed by atoms with van der Waals surface area (Å²) in [6.45, 7) is 8.98. The van der Waals surface area contributed by atoms with Crippen molar-refractivity contribution in [2.75, 3.05) is 31.2 Å². The Morgan fingerprint density at radius 3 is 2.58 bits per heavy atom. The quantitative estimate of drug-likeness (QED) is 0.371. The number of anilines is 2. The van der Waals surface area contributed by atoms with Crippen LogP contribution in [0.2, 0.25) is 0 Å². The van der Waals surface area contributed by atoms with Gasteiger partial charge in [-0.3, -0.25) is 14.5 Å². The molecule has 0 spiro atoms. The van der Waals surface area contributed by atoms with E-state index >= 15 is 0 Å². The minimum absolute atomic E-state index is 0.00726. The molecule has 3 aliphatic rings.